The van der Waals surface area contributed by atoms with Gasteiger partial charge in [0.2, 0.25) is 0 Å². The van der Waals surface area contributed by atoms with Crippen molar-refractivity contribution in [1.82, 2.24) is 19.4 Å². The lowest BCUT2D eigenvalue weighted by atomic mass is 9.98. The largest absolute Gasteiger partial charge is 0.383 e. The van der Waals surface area contributed by atoms with Crippen molar-refractivity contribution in [1.29, 1.82) is 0 Å². The highest BCUT2D eigenvalue weighted by Gasteiger charge is 2.35. The van der Waals surface area contributed by atoms with Gasteiger partial charge in [-0.25, -0.2) is 18.3 Å². The number of carbonyl (C=O) groups excluding carboxylic acids is 1. The smallest absolute Gasteiger partial charge is 0.330 e. The highest BCUT2D eigenvalue weighted by atomic mass is 79.9. The van der Waals surface area contributed by atoms with Crippen molar-refractivity contribution in [2.45, 2.75) is 18.1 Å². The number of likely N-dealkylation sites (tertiary alicyclic amines) is 1. The lowest BCUT2D eigenvalue weighted by Gasteiger charge is -2.19. The molecule has 2 heterocycles. The van der Waals surface area contributed by atoms with Crippen LogP contribution in [0.25, 0.3) is 5.69 Å². The van der Waals surface area contributed by atoms with E-state index >= 15 is 0 Å². The van der Waals surface area contributed by atoms with Crippen LogP contribution in [0.3, 0.4) is 0 Å². The molecule has 1 aliphatic rings. The molecule has 1 aromatic heterocycles. The fourth-order valence-corrected chi connectivity index (χ4v) is 5.42. The Morgan fingerprint density at radius 2 is 1.97 bits per heavy atom. The topological polar surface area (TPSA) is 71.4 Å². The second-order valence-electron chi connectivity index (χ2n) is 8.24. The minimum atomic E-state index is -0.874. The van der Waals surface area contributed by atoms with E-state index in [1.54, 1.807) is 17.9 Å². The number of anilines is 1. The SMILES string of the molecule is COCCN1C[C@@H](SNC(=O)Nc2c(Br)c(C)nn2-c2ccccc2)[C@H](c2ccc(F)c(F)c2)C1. The summed E-state index contributed by atoms with van der Waals surface area (Å²) in [6.07, 6.45) is 0. The van der Waals surface area contributed by atoms with Gasteiger partial charge in [0.1, 0.15) is 0 Å². The van der Waals surface area contributed by atoms with E-state index in [2.05, 4.69) is 36.0 Å². The molecule has 2 N–H and O–H groups in total. The van der Waals surface area contributed by atoms with Crippen molar-refractivity contribution in [3.63, 3.8) is 0 Å². The van der Waals surface area contributed by atoms with E-state index in [0.717, 1.165) is 17.4 Å². The van der Waals surface area contributed by atoms with Gasteiger partial charge >= 0.3 is 6.03 Å². The normalized spacial score (nSPS) is 18.1. The Balaban J connectivity index is 1.46. The van der Waals surface area contributed by atoms with E-state index in [1.165, 1.54) is 18.0 Å². The number of nitrogens with one attached hydrogen (secondary N) is 2. The Hall–Kier alpha value is -2.47. The number of carbonyl (C=O) groups is 1. The van der Waals surface area contributed by atoms with Gasteiger partial charge in [-0.2, -0.15) is 5.10 Å². The van der Waals surface area contributed by atoms with Gasteiger partial charge in [0.25, 0.3) is 0 Å². The maximum Gasteiger partial charge on any atom is 0.330 e. The molecule has 0 spiro atoms. The summed E-state index contributed by atoms with van der Waals surface area (Å²) in [5, 5.41) is 7.33. The van der Waals surface area contributed by atoms with Gasteiger partial charge in [-0.05, 0) is 64.6 Å². The van der Waals surface area contributed by atoms with Crippen LogP contribution in [-0.2, 0) is 4.74 Å². The molecule has 2 aromatic carbocycles. The minimum absolute atomic E-state index is 0.0633. The zero-order valence-electron chi connectivity index (χ0n) is 19.3. The van der Waals surface area contributed by atoms with Gasteiger partial charge in [0, 0.05) is 37.9 Å². The number of halogens is 3. The molecular weight excluding hydrogens is 540 g/mol. The van der Waals surface area contributed by atoms with Crippen LogP contribution in [0.15, 0.2) is 53.0 Å². The molecule has 35 heavy (non-hydrogen) atoms. The summed E-state index contributed by atoms with van der Waals surface area (Å²) in [5.74, 6) is -1.32. The van der Waals surface area contributed by atoms with Crippen molar-refractivity contribution in [3.8, 4) is 5.69 Å². The summed E-state index contributed by atoms with van der Waals surface area (Å²) in [5.41, 5.74) is 2.25. The van der Waals surface area contributed by atoms with Crippen LogP contribution in [0, 0.1) is 18.6 Å². The van der Waals surface area contributed by atoms with Crippen molar-refractivity contribution in [2.24, 2.45) is 0 Å². The van der Waals surface area contributed by atoms with E-state index in [9.17, 15) is 13.6 Å². The Morgan fingerprint density at radius 1 is 1.20 bits per heavy atom. The van der Waals surface area contributed by atoms with Gasteiger partial charge in [-0.3, -0.25) is 14.9 Å². The van der Waals surface area contributed by atoms with Crippen molar-refractivity contribution in [3.05, 3.63) is 75.9 Å². The molecule has 2 amide bonds. The third-order valence-corrected chi connectivity index (χ3v) is 7.88. The number of hydrogen-bond acceptors (Lipinski definition) is 5. The van der Waals surface area contributed by atoms with Gasteiger partial charge in [0.05, 0.1) is 22.5 Å². The first-order valence-corrected chi connectivity index (χ1v) is 12.7. The number of nitrogens with zero attached hydrogens (tertiary/aromatic N) is 3. The van der Waals surface area contributed by atoms with Crippen LogP contribution in [-0.4, -0.2) is 59.3 Å². The first-order chi connectivity index (χ1) is 16.9. The van der Waals surface area contributed by atoms with E-state index < -0.39 is 17.7 Å². The number of urea groups is 1. The molecule has 0 radical (unpaired) electrons. The van der Waals surface area contributed by atoms with E-state index in [1.807, 2.05) is 37.3 Å². The average Bonchev–Trinajstić information content (AvgIpc) is 3.39. The average molecular weight is 566 g/mol. The number of methoxy groups -OCH3 is 1. The van der Waals surface area contributed by atoms with E-state index in [0.29, 0.717) is 42.1 Å². The van der Waals surface area contributed by atoms with E-state index in [4.69, 9.17) is 4.74 Å². The summed E-state index contributed by atoms with van der Waals surface area (Å²) >= 11 is 4.78. The number of para-hydroxylation sites is 1. The molecule has 186 valence electrons. The molecule has 11 heteroatoms. The van der Waals surface area contributed by atoms with E-state index in [-0.39, 0.29) is 11.2 Å². The highest BCUT2D eigenvalue weighted by molar-refractivity contribution is 9.10. The molecule has 1 fully saturated rings. The first kappa shape index (κ1) is 25.6. The molecule has 0 unspecified atom stereocenters. The lowest BCUT2D eigenvalue weighted by molar-refractivity contribution is 0.160. The second-order valence-corrected chi connectivity index (χ2v) is 10.1. The fraction of sp³-hybridized carbons (Fsp3) is 0.333. The second kappa shape index (κ2) is 11.5. The molecular formula is C24H26BrF2N5O2S. The van der Waals surface area contributed by atoms with Crippen molar-refractivity contribution >= 4 is 39.7 Å². The monoisotopic (exact) mass is 565 g/mol. The van der Waals surface area contributed by atoms with Gasteiger partial charge in [-0.15, -0.1) is 0 Å². The molecule has 0 bridgehead atoms. The Labute approximate surface area is 215 Å². The predicted molar refractivity (Wildman–Crippen MR) is 137 cm³/mol. The third kappa shape index (κ3) is 6.03. The number of hydrogen-bond donors (Lipinski definition) is 2. The van der Waals surface area contributed by atoms with Crippen molar-refractivity contribution < 1.29 is 18.3 Å². The third-order valence-electron chi connectivity index (χ3n) is 5.85. The standard InChI is InChI=1S/C24H26BrF2N5O2S/c1-15-22(25)23(32(29-15)17-6-4-3-5-7-17)28-24(33)30-35-21-14-31(10-11-34-2)13-18(21)16-8-9-19(26)20(27)12-16/h3-9,12,18,21H,10-11,13-14H2,1-2H3,(H2,28,30,33)/t18-,21+/m0/s1. The molecule has 0 saturated carbocycles. The van der Waals surface area contributed by atoms with Crippen molar-refractivity contribution in [2.75, 3.05) is 38.7 Å². The highest BCUT2D eigenvalue weighted by Crippen LogP contribution is 2.35. The number of rotatable bonds is 8. The zero-order chi connectivity index (χ0) is 24.9. The minimum Gasteiger partial charge on any atom is -0.383 e. The molecule has 3 aromatic rings. The quantitative estimate of drug-likeness (QED) is 0.371. The van der Waals surface area contributed by atoms with Gasteiger partial charge in [0.15, 0.2) is 17.5 Å². The zero-order valence-corrected chi connectivity index (χ0v) is 21.7. The van der Waals surface area contributed by atoms with Crippen LogP contribution < -0.4 is 10.0 Å². The number of amides is 2. The summed E-state index contributed by atoms with van der Waals surface area (Å²) in [7, 11) is 1.64. The molecule has 1 saturated heterocycles. The number of aryl methyl sites for hydroxylation is 1. The summed E-state index contributed by atoms with van der Waals surface area (Å²) in [4.78, 5) is 15.1. The Bertz CT molecular complexity index is 1180. The van der Waals surface area contributed by atoms with Crippen LogP contribution in [0.2, 0.25) is 0 Å². The summed E-state index contributed by atoms with van der Waals surface area (Å²) in [6, 6.07) is 13.1. The van der Waals surface area contributed by atoms with Crippen LogP contribution in [0.1, 0.15) is 17.2 Å². The van der Waals surface area contributed by atoms with Gasteiger partial charge in [-0.1, -0.05) is 24.3 Å². The van der Waals surface area contributed by atoms with Crippen LogP contribution in [0.4, 0.5) is 19.4 Å². The first-order valence-electron chi connectivity index (χ1n) is 11.1. The van der Waals surface area contributed by atoms with Gasteiger partial charge < -0.3 is 4.74 Å². The molecule has 2 atom stereocenters. The summed E-state index contributed by atoms with van der Waals surface area (Å²) < 4.78 is 37.8. The molecule has 1 aliphatic heterocycles. The van der Waals surface area contributed by atoms with Crippen LogP contribution in [0.5, 0.6) is 0 Å². The molecule has 7 nitrogen and oxygen atoms in total. The molecule has 0 aliphatic carbocycles. The predicted octanol–water partition coefficient (Wildman–Crippen LogP) is 5.11. The molecule has 4 rings (SSSR count). The lowest BCUT2D eigenvalue weighted by Crippen LogP contribution is -2.29. The number of ether oxygens (including phenoxy) is 1. The van der Waals surface area contributed by atoms with Crippen LogP contribution >= 0.6 is 27.9 Å². The Morgan fingerprint density at radius 3 is 2.69 bits per heavy atom. The Kier molecular flexibility index (Phi) is 8.42. The number of aromatic nitrogens is 2. The maximum atomic E-state index is 13.9. The fourth-order valence-electron chi connectivity index (χ4n) is 4.07. The number of benzene rings is 2. The summed E-state index contributed by atoms with van der Waals surface area (Å²) in [6.45, 7) is 4.44. The maximum absolute atomic E-state index is 13.9.